The van der Waals surface area contributed by atoms with Crippen molar-refractivity contribution in [2.45, 2.75) is 9.79 Å². The van der Waals surface area contributed by atoms with Crippen LogP contribution in [0, 0.1) is 11.6 Å². The zero-order valence-electron chi connectivity index (χ0n) is 9.61. The summed E-state index contributed by atoms with van der Waals surface area (Å²) in [4.78, 5) is 1.12. The molecule has 0 radical (unpaired) electrons. The Kier molecular flexibility index (Phi) is 3.72. The Morgan fingerprint density at radius 1 is 1.11 bits per heavy atom. The van der Waals surface area contributed by atoms with Crippen LogP contribution in [0.5, 0.6) is 5.75 Å². The third-order valence-electron chi connectivity index (χ3n) is 2.33. The molecular weight excluding hydrogens is 256 g/mol. The highest BCUT2D eigenvalue weighted by Gasteiger charge is 2.07. The largest absolute Gasteiger partial charge is 0.495 e. The van der Waals surface area contributed by atoms with E-state index in [2.05, 4.69) is 0 Å². The zero-order valence-corrected chi connectivity index (χ0v) is 10.4. The van der Waals surface area contributed by atoms with Gasteiger partial charge in [0.25, 0.3) is 0 Å². The van der Waals surface area contributed by atoms with Crippen LogP contribution in [-0.2, 0) is 0 Å². The predicted molar refractivity (Wildman–Crippen MR) is 67.9 cm³/mol. The first-order valence-electron chi connectivity index (χ1n) is 5.16. The molecule has 0 aromatic heterocycles. The number of halogens is 2. The van der Waals surface area contributed by atoms with Crippen LogP contribution in [0.2, 0.25) is 0 Å². The highest BCUT2D eigenvalue weighted by atomic mass is 32.2. The lowest BCUT2D eigenvalue weighted by Gasteiger charge is -2.07. The minimum absolute atomic E-state index is 0.350. The van der Waals surface area contributed by atoms with E-state index in [-0.39, 0.29) is 0 Å². The van der Waals surface area contributed by atoms with Crippen molar-refractivity contribution < 1.29 is 13.5 Å². The van der Waals surface area contributed by atoms with Gasteiger partial charge in [-0.25, -0.2) is 8.78 Å². The van der Waals surface area contributed by atoms with Gasteiger partial charge in [-0.1, -0.05) is 11.8 Å². The summed E-state index contributed by atoms with van der Waals surface area (Å²) >= 11 is 1.18. The van der Waals surface area contributed by atoms with Crippen molar-refractivity contribution in [1.82, 2.24) is 0 Å². The maximum Gasteiger partial charge on any atom is 0.142 e. The number of rotatable bonds is 3. The lowest BCUT2D eigenvalue weighted by atomic mass is 10.3. The van der Waals surface area contributed by atoms with E-state index >= 15 is 0 Å². The molecule has 0 aliphatic heterocycles. The Bertz CT molecular complexity index is 575. The molecule has 0 amide bonds. The molecule has 5 heteroatoms. The van der Waals surface area contributed by atoms with Crippen molar-refractivity contribution in [3.63, 3.8) is 0 Å². The second-order valence-corrected chi connectivity index (χ2v) is 4.70. The van der Waals surface area contributed by atoms with Gasteiger partial charge in [0.2, 0.25) is 0 Å². The fourth-order valence-electron chi connectivity index (χ4n) is 1.44. The molecule has 0 bridgehead atoms. The van der Waals surface area contributed by atoms with Crippen LogP contribution in [-0.4, -0.2) is 7.11 Å². The van der Waals surface area contributed by atoms with Gasteiger partial charge in [0, 0.05) is 15.9 Å². The number of anilines is 1. The van der Waals surface area contributed by atoms with Crippen LogP contribution in [0.25, 0.3) is 0 Å². The second kappa shape index (κ2) is 5.27. The van der Waals surface area contributed by atoms with E-state index in [4.69, 9.17) is 10.5 Å². The van der Waals surface area contributed by atoms with E-state index in [1.165, 1.54) is 31.0 Å². The molecule has 2 rings (SSSR count). The molecule has 94 valence electrons. The van der Waals surface area contributed by atoms with Crippen molar-refractivity contribution in [2.75, 3.05) is 12.8 Å². The molecule has 0 saturated carbocycles. The summed E-state index contributed by atoms with van der Waals surface area (Å²) in [5, 5.41) is 0. The molecule has 0 spiro atoms. The molecule has 0 unspecified atom stereocenters. The van der Waals surface area contributed by atoms with Gasteiger partial charge in [0.15, 0.2) is 0 Å². The molecule has 2 N–H and O–H groups in total. The number of nitrogens with two attached hydrogens (primary N) is 1. The average molecular weight is 267 g/mol. The van der Waals surface area contributed by atoms with Gasteiger partial charge >= 0.3 is 0 Å². The van der Waals surface area contributed by atoms with Crippen LogP contribution in [0.15, 0.2) is 46.2 Å². The maximum atomic E-state index is 13.5. The SMILES string of the molecule is COc1cc(Sc2ccc(F)cc2F)ccc1N. The molecule has 18 heavy (non-hydrogen) atoms. The minimum Gasteiger partial charge on any atom is -0.495 e. The molecule has 2 aromatic carbocycles. The lowest BCUT2D eigenvalue weighted by molar-refractivity contribution is 0.416. The highest BCUT2D eigenvalue weighted by molar-refractivity contribution is 7.99. The van der Waals surface area contributed by atoms with Gasteiger partial charge in [-0.3, -0.25) is 0 Å². The fourth-order valence-corrected chi connectivity index (χ4v) is 2.29. The summed E-state index contributed by atoms with van der Waals surface area (Å²) in [6, 6.07) is 8.63. The first-order chi connectivity index (χ1) is 8.60. The number of methoxy groups -OCH3 is 1. The molecule has 2 nitrogen and oxygen atoms in total. The number of hydrogen-bond donors (Lipinski definition) is 1. The van der Waals surface area contributed by atoms with E-state index in [0.29, 0.717) is 16.3 Å². The number of ether oxygens (including phenoxy) is 1. The van der Waals surface area contributed by atoms with Crippen molar-refractivity contribution >= 4 is 17.4 Å². The minimum atomic E-state index is -0.591. The Morgan fingerprint density at radius 3 is 2.56 bits per heavy atom. The number of nitrogen functional groups attached to an aromatic ring is 1. The van der Waals surface area contributed by atoms with Gasteiger partial charge in [-0.15, -0.1) is 0 Å². The first-order valence-corrected chi connectivity index (χ1v) is 5.98. The summed E-state index contributed by atoms with van der Waals surface area (Å²) in [5.74, 6) is -0.648. The van der Waals surface area contributed by atoms with Crippen LogP contribution >= 0.6 is 11.8 Å². The summed E-state index contributed by atoms with van der Waals surface area (Å²) in [5.41, 5.74) is 6.20. The smallest absolute Gasteiger partial charge is 0.142 e. The normalized spacial score (nSPS) is 10.4. The van der Waals surface area contributed by atoms with Crippen molar-refractivity contribution in [3.05, 3.63) is 48.0 Å². The van der Waals surface area contributed by atoms with Gasteiger partial charge in [0.05, 0.1) is 12.8 Å². The third-order valence-corrected chi connectivity index (χ3v) is 3.37. The quantitative estimate of drug-likeness (QED) is 0.861. The zero-order chi connectivity index (χ0) is 13.1. The molecule has 0 fully saturated rings. The molecule has 0 saturated heterocycles. The summed E-state index contributed by atoms with van der Waals surface area (Å²) in [6.45, 7) is 0. The Hall–Kier alpha value is -1.75. The first kappa shape index (κ1) is 12.7. The van der Waals surface area contributed by atoms with Gasteiger partial charge in [-0.2, -0.15) is 0 Å². The summed E-state index contributed by atoms with van der Waals surface area (Å²) < 4.78 is 31.3. The average Bonchev–Trinajstić information content (AvgIpc) is 2.35. The number of benzene rings is 2. The third kappa shape index (κ3) is 2.73. The van der Waals surface area contributed by atoms with Crippen molar-refractivity contribution in [1.29, 1.82) is 0 Å². The highest BCUT2D eigenvalue weighted by Crippen LogP contribution is 2.34. The monoisotopic (exact) mass is 267 g/mol. The molecule has 0 aliphatic rings. The Balaban J connectivity index is 2.28. The van der Waals surface area contributed by atoms with E-state index < -0.39 is 11.6 Å². The van der Waals surface area contributed by atoms with E-state index in [1.54, 1.807) is 18.2 Å². The molecule has 0 heterocycles. The Labute approximate surface area is 108 Å². The van der Waals surface area contributed by atoms with E-state index in [0.717, 1.165) is 11.0 Å². The topological polar surface area (TPSA) is 35.2 Å². The van der Waals surface area contributed by atoms with Crippen LogP contribution in [0.1, 0.15) is 0 Å². The van der Waals surface area contributed by atoms with E-state index in [1.807, 2.05) is 0 Å². The maximum absolute atomic E-state index is 13.5. The van der Waals surface area contributed by atoms with Gasteiger partial charge < -0.3 is 10.5 Å². The second-order valence-electron chi connectivity index (χ2n) is 3.58. The Morgan fingerprint density at radius 2 is 1.89 bits per heavy atom. The van der Waals surface area contributed by atoms with Gasteiger partial charge in [-0.05, 0) is 30.3 Å². The fraction of sp³-hybridized carbons (Fsp3) is 0.0769. The predicted octanol–water partition coefficient (Wildman–Crippen LogP) is 3.71. The lowest BCUT2D eigenvalue weighted by Crippen LogP contribution is -1.92. The molecule has 0 atom stereocenters. The summed E-state index contributed by atoms with van der Waals surface area (Å²) in [6.07, 6.45) is 0. The van der Waals surface area contributed by atoms with Crippen LogP contribution < -0.4 is 10.5 Å². The molecule has 2 aromatic rings. The van der Waals surface area contributed by atoms with Crippen LogP contribution in [0.4, 0.5) is 14.5 Å². The standard InChI is InChI=1S/C13H11F2NOS/c1-17-12-7-9(3-4-11(12)16)18-13-5-2-8(14)6-10(13)15/h2-7H,16H2,1H3. The van der Waals surface area contributed by atoms with Crippen LogP contribution in [0.3, 0.4) is 0 Å². The summed E-state index contributed by atoms with van der Waals surface area (Å²) in [7, 11) is 1.51. The van der Waals surface area contributed by atoms with Gasteiger partial charge in [0.1, 0.15) is 17.4 Å². The molecule has 0 aliphatic carbocycles. The van der Waals surface area contributed by atoms with Crippen molar-refractivity contribution in [2.24, 2.45) is 0 Å². The molecular formula is C13H11F2NOS. The van der Waals surface area contributed by atoms with Crippen molar-refractivity contribution in [3.8, 4) is 5.75 Å². The number of hydrogen-bond acceptors (Lipinski definition) is 3. The van der Waals surface area contributed by atoms with E-state index in [9.17, 15) is 8.78 Å².